The average molecular weight is 378 g/mol. The van der Waals surface area contributed by atoms with Crippen molar-refractivity contribution in [2.24, 2.45) is 4.40 Å². The Balaban J connectivity index is 2.04. The summed E-state index contributed by atoms with van der Waals surface area (Å²) in [5.74, 6) is -0.735. The number of amidine groups is 1. The molecule has 25 heavy (non-hydrogen) atoms. The van der Waals surface area contributed by atoms with Crippen LogP contribution in [0.4, 0.5) is 10.1 Å². The first kappa shape index (κ1) is 17.6. The third kappa shape index (κ3) is 3.59. The van der Waals surface area contributed by atoms with E-state index in [4.69, 9.17) is 0 Å². The Labute approximate surface area is 149 Å². The predicted octanol–water partition coefficient (Wildman–Crippen LogP) is 3.43. The van der Waals surface area contributed by atoms with E-state index in [0.717, 1.165) is 36.0 Å². The van der Waals surface area contributed by atoms with Gasteiger partial charge in [-0.05, 0) is 42.8 Å². The highest BCUT2D eigenvalue weighted by Crippen LogP contribution is 2.34. The summed E-state index contributed by atoms with van der Waals surface area (Å²) in [4.78, 5) is 13.8. The SMILES string of the molecule is CCC1S/C(=N/S(=O)(=O)c2ccc(F)cc2)N(c2ccccc2)C1=O. The molecule has 1 fully saturated rings. The molecule has 1 saturated heterocycles. The fourth-order valence-corrected chi connectivity index (χ4v) is 4.63. The van der Waals surface area contributed by atoms with Gasteiger partial charge in [-0.25, -0.2) is 4.39 Å². The minimum absolute atomic E-state index is 0.104. The van der Waals surface area contributed by atoms with Crippen molar-refractivity contribution in [3.05, 3.63) is 60.4 Å². The fourth-order valence-electron chi connectivity index (χ4n) is 2.37. The maximum atomic E-state index is 13.0. The Morgan fingerprint density at radius 3 is 2.36 bits per heavy atom. The summed E-state index contributed by atoms with van der Waals surface area (Å²) in [5.41, 5.74) is 0.559. The van der Waals surface area contributed by atoms with Crippen molar-refractivity contribution in [3.8, 4) is 0 Å². The number of nitrogens with zero attached hydrogens (tertiary/aromatic N) is 2. The van der Waals surface area contributed by atoms with Crippen LogP contribution in [-0.2, 0) is 14.8 Å². The van der Waals surface area contributed by atoms with Gasteiger partial charge in [-0.15, -0.1) is 4.40 Å². The number of thioether (sulfide) groups is 1. The summed E-state index contributed by atoms with van der Waals surface area (Å²) < 4.78 is 41.9. The molecule has 0 N–H and O–H groups in total. The molecule has 8 heteroatoms. The Kier molecular flexibility index (Phi) is 4.91. The van der Waals surface area contributed by atoms with Crippen molar-refractivity contribution in [2.75, 3.05) is 4.90 Å². The van der Waals surface area contributed by atoms with Gasteiger partial charge >= 0.3 is 0 Å². The lowest BCUT2D eigenvalue weighted by Gasteiger charge is -2.16. The molecule has 0 spiro atoms. The second-order valence-electron chi connectivity index (χ2n) is 5.33. The molecule has 1 aliphatic rings. The van der Waals surface area contributed by atoms with Crippen LogP contribution in [0.1, 0.15) is 13.3 Å². The van der Waals surface area contributed by atoms with E-state index in [0.29, 0.717) is 12.1 Å². The van der Waals surface area contributed by atoms with Gasteiger partial charge in [0.1, 0.15) is 5.82 Å². The molecule has 1 atom stereocenters. The van der Waals surface area contributed by atoms with Gasteiger partial charge in [-0.2, -0.15) is 8.42 Å². The van der Waals surface area contributed by atoms with Gasteiger partial charge in [0.2, 0.25) is 5.91 Å². The lowest BCUT2D eigenvalue weighted by atomic mass is 10.2. The number of halogens is 1. The highest BCUT2D eigenvalue weighted by atomic mass is 32.2. The van der Waals surface area contributed by atoms with Crippen LogP contribution in [0.25, 0.3) is 0 Å². The van der Waals surface area contributed by atoms with Crippen LogP contribution >= 0.6 is 11.8 Å². The molecule has 130 valence electrons. The first-order valence-corrected chi connectivity index (χ1v) is 9.90. The number of hydrogen-bond donors (Lipinski definition) is 0. The maximum absolute atomic E-state index is 13.0. The zero-order valence-electron chi connectivity index (χ0n) is 13.3. The lowest BCUT2D eigenvalue weighted by Crippen LogP contribution is -2.32. The standard InChI is InChI=1S/C17H15FN2O3S2/c1-2-15-16(21)20(13-6-4-3-5-7-13)17(24-15)19-25(22,23)14-10-8-12(18)9-11-14/h3-11,15H,2H2,1H3/b19-17+. The van der Waals surface area contributed by atoms with E-state index < -0.39 is 15.8 Å². The van der Waals surface area contributed by atoms with Crippen molar-refractivity contribution in [1.29, 1.82) is 0 Å². The third-order valence-corrected chi connectivity index (χ3v) is 6.33. The van der Waals surface area contributed by atoms with Crippen molar-refractivity contribution >= 4 is 38.5 Å². The van der Waals surface area contributed by atoms with Gasteiger partial charge in [0, 0.05) is 0 Å². The van der Waals surface area contributed by atoms with Gasteiger partial charge in [0.25, 0.3) is 10.0 Å². The summed E-state index contributed by atoms with van der Waals surface area (Å²) in [6.07, 6.45) is 0.558. The van der Waals surface area contributed by atoms with Crippen LogP contribution in [0, 0.1) is 5.82 Å². The van der Waals surface area contributed by atoms with E-state index in [1.54, 1.807) is 30.3 Å². The number of anilines is 1. The molecule has 0 bridgehead atoms. The van der Waals surface area contributed by atoms with Crippen molar-refractivity contribution in [3.63, 3.8) is 0 Å². The molecular weight excluding hydrogens is 363 g/mol. The van der Waals surface area contributed by atoms with Gasteiger partial charge in [0.05, 0.1) is 15.8 Å². The minimum Gasteiger partial charge on any atom is -0.273 e. The molecule has 0 radical (unpaired) electrons. The van der Waals surface area contributed by atoms with Gasteiger partial charge in [-0.1, -0.05) is 36.9 Å². The number of rotatable bonds is 4. The molecule has 0 saturated carbocycles. The van der Waals surface area contributed by atoms with Crippen LogP contribution in [0.5, 0.6) is 0 Å². The van der Waals surface area contributed by atoms with E-state index in [2.05, 4.69) is 4.40 Å². The normalized spacial score (nSPS) is 19.6. The number of sulfonamides is 1. The summed E-state index contributed by atoms with van der Waals surface area (Å²) in [6, 6.07) is 13.2. The van der Waals surface area contributed by atoms with Crippen molar-refractivity contribution in [1.82, 2.24) is 0 Å². The number of para-hydroxylation sites is 1. The van der Waals surface area contributed by atoms with Crippen LogP contribution in [0.2, 0.25) is 0 Å². The predicted molar refractivity (Wildman–Crippen MR) is 96.6 cm³/mol. The van der Waals surface area contributed by atoms with E-state index in [9.17, 15) is 17.6 Å². The molecule has 1 heterocycles. The van der Waals surface area contributed by atoms with Crippen molar-refractivity contribution < 1.29 is 17.6 Å². The molecule has 5 nitrogen and oxygen atoms in total. The molecule has 1 amide bonds. The quantitative estimate of drug-likeness (QED) is 0.818. The number of carbonyl (C=O) groups excluding carboxylic acids is 1. The lowest BCUT2D eigenvalue weighted by molar-refractivity contribution is -0.116. The van der Waals surface area contributed by atoms with Gasteiger partial charge in [0.15, 0.2) is 5.17 Å². The van der Waals surface area contributed by atoms with Gasteiger partial charge in [-0.3, -0.25) is 9.69 Å². The third-order valence-electron chi connectivity index (χ3n) is 3.63. The minimum atomic E-state index is -4.05. The number of amides is 1. The molecule has 2 aromatic rings. The van der Waals surface area contributed by atoms with Crippen LogP contribution in [0.15, 0.2) is 63.9 Å². The molecule has 2 aromatic carbocycles. The summed E-state index contributed by atoms with van der Waals surface area (Å²) in [7, 11) is -4.05. The van der Waals surface area contributed by atoms with Crippen LogP contribution < -0.4 is 4.90 Å². The van der Waals surface area contributed by atoms with Crippen molar-refractivity contribution in [2.45, 2.75) is 23.5 Å². The second kappa shape index (κ2) is 6.97. The number of carbonyl (C=O) groups is 1. The summed E-state index contributed by atoms with van der Waals surface area (Å²) >= 11 is 1.12. The number of benzene rings is 2. The Hall–Kier alpha value is -2.19. The van der Waals surface area contributed by atoms with E-state index >= 15 is 0 Å². The molecule has 3 rings (SSSR count). The molecule has 1 aliphatic heterocycles. The van der Waals surface area contributed by atoms with Crippen LogP contribution in [0.3, 0.4) is 0 Å². The first-order valence-electron chi connectivity index (χ1n) is 7.58. The zero-order valence-corrected chi connectivity index (χ0v) is 14.9. The van der Waals surface area contributed by atoms with Crippen LogP contribution in [-0.4, -0.2) is 24.7 Å². The highest BCUT2D eigenvalue weighted by Gasteiger charge is 2.39. The highest BCUT2D eigenvalue weighted by molar-refractivity contribution is 8.16. The Morgan fingerprint density at radius 2 is 1.76 bits per heavy atom. The molecule has 0 aliphatic carbocycles. The smallest absolute Gasteiger partial charge is 0.273 e. The monoisotopic (exact) mass is 378 g/mol. The molecular formula is C17H15FN2O3S2. The summed E-state index contributed by atoms with van der Waals surface area (Å²) in [6.45, 7) is 1.86. The van der Waals surface area contributed by atoms with E-state index in [1.165, 1.54) is 4.90 Å². The topological polar surface area (TPSA) is 66.8 Å². The zero-order chi connectivity index (χ0) is 18.0. The first-order chi connectivity index (χ1) is 11.9. The van der Waals surface area contributed by atoms with Gasteiger partial charge < -0.3 is 0 Å². The summed E-state index contributed by atoms with van der Waals surface area (Å²) in [5, 5.41) is -0.283. The average Bonchev–Trinajstić information content (AvgIpc) is 2.90. The van der Waals surface area contributed by atoms with E-state index in [1.807, 2.05) is 6.92 Å². The fraction of sp³-hybridized carbons (Fsp3) is 0.176. The largest absolute Gasteiger partial charge is 0.284 e. The Morgan fingerprint density at radius 1 is 1.12 bits per heavy atom. The molecule has 0 aromatic heterocycles. The second-order valence-corrected chi connectivity index (χ2v) is 8.10. The maximum Gasteiger partial charge on any atom is 0.284 e. The van der Waals surface area contributed by atoms with E-state index in [-0.39, 0.29) is 21.2 Å². The number of hydrogen-bond acceptors (Lipinski definition) is 4. The Bertz CT molecular complexity index is 913. The molecule has 1 unspecified atom stereocenters.